The van der Waals surface area contributed by atoms with Crippen molar-refractivity contribution in [2.45, 2.75) is 19.5 Å². The van der Waals surface area contributed by atoms with E-state index in [1.165, 1.54) is 6.08 Å². The normalized spacial score (nSPS) is 13.3. The maximum atomic E-state index is 13.0. The van der Waals surface area contributed by atoms with E-state index >= 15 is 0 Å². The first-order chi connectivity index (χ1) is 16.9. The maximum Gasteiger partial charge on any atom is 0.253 e. The number of ether oxygens (including phenoxy) is 1. The molecular weight excluding hydrogens is 512 g/mol. The standard InChI is InChI=1S/C26H27BrN4O4/c1-3-25(33)31-13-19(14-31)29-24(32)16-30-15-21(20-12-18(27)8-9-22(20)30)26(34)28-10-11-35-23-7-5-4-6-17(23)2/h3-9,12,15,19H,1,10-11,13-14,16H2,2H3,(H,28,34)(H,29,32). The van der Waals surface area contributed by atoms with Gasteiger partial charge in [-0.25, -0.2) is 0 Å². The van der Waals surface area contributed by atoms with Crippen LogP contribution in [0.4, 0.5) is 0 Å². The molecule has 1 aliphatic rings. The molecule has 2 N–H and O–H groups in total. The molecule has 0 atom stereocenters. The van der Waals surface area contributed by atoms with E-state index in [-0.39, 0.29) is 30.3 Å². The number of carbonyl (C=O) groups excluding carboxylic acids is 3. The Morgan fingerprint density at radius 2 is 1.97 bits per heavy atom. The zero-order valence-electron chi connectivity index (χ0n) is 19.4. The van der Waals surface area contributed by atoms with Gasteiger partial charge in [0.15, 0.2) is 0 Å². The smallest absolute Gasteiger partial charge is 0.253 e. The average Bonchev–Trinajstić information content (AvgIpc) is 3.16. The highest BCUT2D eigenvalue weighted by atomic mass is 79.9. The quantitative estimate of drug-likeness (QED) is 0.323. The van der Waals surface area contributed by atoms with Gasteiger partial charge in [-0.05, 0) is 42.8 Å². The molecule has 0 unspecified atom stereocenters. The van der Waals surface area contributed by atoms with Crippen LogP contribution in [0.5, 0.6) is 5.75 Å². The Balaban J connectivity index is 1.38. The van der Waals surface area contributed by atoms with Crippen molar-refractivity contribution in [3.05, 3.63) is 76.9 Å². The summed E-state index contributed by atoms with van der Waals surface area (Å²) in [5, 5.41) is 6.58. The number of rotatable bonds is 9. The number of nitrogens with one attached hydrogen (secondary N) is 2. The number of carbonyl (C=O) groups is 3. The molecule has 0 spiro atoms. The monoisotopic (exact) mass is 538 g/mol. The second kappa shape index (κ2) is 10.8. The van der Waals surface area contributed by atoms with Crippen molar-refractivity contribution in [3.63, 3.8) is 0 Å². The van der Waals surface area contributed by atoms with Crippen molar-refractivity contribution in [1.29, 1.82) is 0 Å². The lowest BCUT2D eigenvalue weighted by Crippen LogP contribution is -2.61. The zero-order chi connectivity index (χ0) is 24.9. The highest BCUT2D eigenvalue weighted by Crippen LogP contribution is 2.25. The number of hydrogen-bond donors (Lipinski definition) is 2. The number of halogens is 1. The van der Waals surface area contributed by atoms with Crippen LogP contribution in [0.15, 0.2) is 65.8 Å². The number of hydrogen-bond acceptors (Lipinski definition) is 4. The molecule has 1 aliphatic heterocycles. The molecular formula is C26H27BrN4O4. The van der Waals surface area contributed by atoms with E-state index in [0.717, 1.165) is 26.7 Å². The number of aromatic nitrogens is 1. The minimum absolute atomic E-state index is 0.0632. The van der Waals surface area contributed by atoms with Crippen molar-refractivity contribution >= 4 is 44.6 Å². The SMILES string of the molecule is C=CC(=O)N1CC(NC(=O)Cn2cc(C(=O)NCCOc3ccccc3C)c3cc(Br)ccc32)C1. The minimum atomic E-state index is -0.238. The third kappa shape index (κ3) is 5.74. The molecule has 0 radical (unpaired) electrons. The predicted octanol–water partition coefficient (Wildman–Crippen LogP) is 3.03. The van der Waals surface area contributed by atoms with E-state index in [1.807, 2.05) is 49.4 Å². The van der Waals surface area contributed by atoms with Crippen molar-refractivity contribution in [3.8, 4) is 5.75 Å². The number of para-hydroxylation sites is 1. The van der Waals surface area contributed by atoms with Crippen LogP contribution >= 0.6 is 15.9 Å². The Kier molecular flexibility index (Phi) is 7.55. The summed E-state index contributed by atoms with van der Waals surface area (Å²) in [5.74, 6) is 0.228. The molecule has 3 amide bonds. The largest absolute Gasteiger partial charge is 0.491 e. The number of nitrogens with zero attached hydrogens (tertiary/aromatic N) is 2. The second-order valence-corrected chi connectivity index (χ2v) is 9.33. The molecule has 8 nitrogen and oxygen atoms in total. The van der Waals surface area contributed by atoms with Gasteiger partial charge in [0, 0.05) is 34.7 Å². The highest BCUT2D eigenvalue weighted by molar-refractivity contribution is 9.10. The average molecular weight is 539 g/mol. The summed E-state index contributed by atoms with van der Waals surface area (Å²) in [6.45, 7) is 7.12. The predicted molar refractivity (Wildman–Crippen MR) is 137 cm³/mol. The number of amides is 3. The van der Waals surface area contributed by atoms with Gasteiger partial charge in [0.2, 0.25) is 11.8 Å². The first-order valence-corrected chi connectivity index (χ1v) is 12.1. The highest BCUT2D eigenvalue weighted by Gasteiger charge is 2.30. The minimum Gasteiger partial charge on any atom is -0.491 e. The molecule has 35 heavy (non-hydrogen) atoms. The molecule has 1 aromatic heterocycles. The molecule has 0 bridgehead atoms. The van der Waals surface area contributed by atoms with Gasteiger partial charge in [-0.1, -0.05) is 40.7 Å². The molecule has 2 heterocycles. The van der Waals surface area contributed by atoms with Crippen molar-refractivity contribution < 1.29 is 19.1 Å². The number of fused-ring (bicyclic) bond motifs is 1. The lowest BCUT2D eigenvalue weighted by Gasteiger charge is -2.38. The Bertz CT molecular complexity index is 1280. The van der Waals surface area contributed by atoms with Crippen LogP contribution in [0.25, 0.3) is 10.9 Å². The Labute approximate surface area is 212 Å². The van der Waals surface area contributed by atoms with Gasteiger partial charge in [0.05, 0.1) is 18.2 Å². The summed E-state index contributed by atoms with van der Waals surface area (Å²) < 4.78 is 8.36. The van der Waals surface area contributed by atoms with Crippen LogP contribution < -0.4 is 15.4 Å². The van der Waals surface area contributed by atoms with Gasteiger partial charge in [-0.15, -0.1) is 0 Å². The molecule has 0 aliphatic carbocycles. The third-order valence-electron chi connectivity index (χ3n) is 5.87. The topological polar surface area (TPSA) is 92.7 Å². The van der Waals surface area contributed by atoms with E-state index < -0.39 is 0 Å². The van der Waals surface area contributed by atoms with Crippen molar-refractivity contribution in [1.82, 2.24) is 20.1 Å². The Morgan fingerprint density at radius 1 is 1.20 bits per heavy atom. The van der Waals surface area contributed by atoms with Gasteiger partial charge < -0.3 is 24.8 Å². The molecule has 3 aromatic rings. The van der Waals surface area contributed by atoms with Gasteiger partial charge in [-0.2, -0.15) is 0 Å². The first-order valence-electron chi connectivity index (χ1n) is 11.3. The number of benzene rings is 2. The van der Waals surface area contributed by atoms with Crippen LogP contribution in [0.2, 0.25) is 0 Å². The van der Waals surface area contributed by atoms with E-state index in [1.54, 1.807) is 15.7 Å². The molecule has 2 aromatic carbocycles. The molecule has 0 saturated carbocycles. The van der Waals surface area contributed by atoms with Gasteiger partial charge in [0.1, 0.15) is 18.9 Å². The number of likely N-dealkylation sites (tertiary alicyclic amines) is 1. The van der Waals surface area contributed by atoms with E-state index in [9.17, 15) is 14.4 Å². The lowest BCUT2D eigenvalue weighted by molar-refractivity contribution is -0.133. The molecule has 182 valence electrons. The van der Waals surface area contributed by atoms with E-state index in [4.69, 9.17) is 4.74 Å². The van der Waals surface area contributed by atoms with E-state index in [2.05, 4.69) is 33.1 Å². The summed E-state index contributed by atoms with van der Waals surface area (Å²) in [6, 6.07) is 13.3. The molecule has 9 heteroatoms. The fraction of sp³-hybridized carbons (Fsp3) is 0.269. The van der Waals surface area contributed by atoms with Crippen molar-refractivity contribution in [2.24, 2.45) is 0 Å². The van der Waals surface area contributed by atoms with Crippen molar-refractivity contribution in [2.75, 3.05) is 26.2 Å². The second-order valence-electron chi connectivity index (χ2n) is 8.41. The fourth-order valence-corrected chi connectivity index (χ4v) is 4.39. The lowest BCUT2D eigenvalue weighted by atomic mass is 10.1. The summed E-state index contributed by atoms with van der Waals surface area (Å²) in [6.07, 6.45) is 2.96. The third-order valence-corrected chi connectivity index (χ3v) is 6.37. The molecule has 1 fully saturated rings. The molecule has 4 rings (SSSR count). The number of aryl methyl sites for hydroxylation is 1. The first kappa shape index (κ1) is 24.5. The van der Waals surface area contributed by atoms with Crippen LogP contribution in [-0.2, 0) is 16.1 Å². The fourth-order valence-electron chi connectivity index (χ4n) is 4.03. The van der Waals surface area contributed by atoms with Crippen LogP contribution in [0.3, 0.4) is 0 Å². The van der Waals surface area contributed by atoms with Gasteiger partial charge >= 0.3 is 0 Å². The zero-order valence-corrected chi connectivity index (χ0v) is 21.0. The maximum absolute atomic E-state index is 13.0. The van der Waals surface area contributed by atoms with Gasteiger partial charge in [-0.3, -0.25) is 14.4 Å². The summed E-state index contributed by atoms with van der Waals surface area (Å²) >= 11 is 3.47. The van der Waals surface area contributed by atoms with Crippen LogP contribution in [-0.4, -0.2) is 59.5 Å². The summed E-state index contributed by atoms with van der Waals surface area (Å²) in [4.78, 5) is 38.8. The van der Waals surface area contributed by atoms with Crippen LogP contribution in [0.1, 0.15) is 15.9 Å². The summed E-state index contributed by atoms with van der Waals surface area (Å²) in [5.41, 5.74) is 2.30. The Hall–Kier alpha value is -3.59. The van der Waals surface area contributed by atoms with Crippen LogP contribution in [0, 0.1) is 6.92 Å². The Morgan fingerprint density at radius 3 is 2.71 bits per heavy atom. The molecule has 1 saturated heterocycles. The van der Waals surface area contributed by atoms with E-state index in [0.29, 0.717) is 31.8 Å². The summed E-state index contributed by atoms with van der Waals surface area (Å²) in [7, 11) is 0. The van der Waals surface area contributed by atoms with Gasteiger partial charge in [0.25, 0.3) is 5.91 Å².